The zero-order valence-corrected chi connectivity index (χ0v) is 9.76. The van der Waals surface area contributed by atoms with Gasteiger partial charge in [-0.05, 0) is 6.42 Å². The fourth-order valence-electron chi connectivity index (χ4n) is 1.28. The third kappa shape index (κ3) is 4.62. The molecule has 0 atom stereocenters. The molecule has 0 unspecified atom stereocenters. The van der Waals surface area contributed by atoms with Gasteiger partial charge in [-0.25, -0.2) is 0 Å². The number of amides is 1. The standard InChI is InChI=1S/C10H16N4O3/c1-2-3-5-11-10(15)4-6-13-8-9(7-12-13)14(16)17/h7-8H,2-6H2,1H3,(H,11,15). The van der Waals surface area contributed by atoms with E-state index in [-0.39, 0.29) is 18.0 Å². The Hall–Kier alpha value is -1.92. The van der Waals surface area contributed by atoms with Crippen molar-refractivity contribution in [2.75, 3.05) is 6.54 Å². The molecule has 0 bridgehead atoms. The first-order valence-electron chi connectivity index (χ1n) is 5.57. The number of rotatable bonds is 7. The van der Waals surface area contributed by atoms with Gasteiger partial charge in [-0.2, -0.15) is 5.10 Å². The van der Waals surface area contributed by atoms with Crippen LogP contribution in [0.3, 0.4) is 0 Å². The summed E-state index contributed by atoms with van der Waals surface area (Å²) in [6.07, 6.45) is 4.77. The molecule has 0 aliphatic carbocycles. The Kier molecular flexibility index (Phi) is 5.12. The van der Waals surface area contributed by atoms with Crippen molar-refractivity contribution in [1.29, 1.82) is 0 Å². The monoisotopic (exact) mass is 240 g/mol. The summed E-state index contributed by atoms with van der Waals surface area (Å²) in [6, 6.07) is 0. The minimum absolute atomic E-state index is 0.0587. The number of carbonyl (C=O) groups excluding carboxylic acids is 1. The minimum atomic E-state index is -0.509. The van der Waals surface area contributed by atoms with Gasteiger partial charge in [-0.15, -0.1) is 0 Å². The summed E-state index contributed by atoms with van der Waals surface area (Å²) in [6.45, 7) is 3.08. The maximum Gasteiger partial charge on any atom is 0.306 e. The van der Waals surface area contributed by atoms with Crippen LogP contribution >= 0.6 is 0 Å². The van der Waals surface area contributed by atoms with Crippen molar-refractivity contribution in [2.24, 2.45) is 0 Å². The van der Waals surface area contributed by atoms with Crippen molar-refractivity contribution in [3.63, 3.8) is 0 Å². The Bertz CT molecular complexity index is 389. The van der Waals surface area contributed by atoms with E-state index in [9.17, 15) is 14.9 Å². The quantitative estimate of drug-likeness (QED) is 0.439. The molecular weight excluding hydrogens is 224 g/mol. The lowest BCUT2D eigenvalue weighted by molar-refractivity contribution is -0.385. The molecule has 94 valence electrons. The Morgan fingerprint density at radius 1 is 1.65 bits per heavy atom. The van der Waals surface area contributed by atoms with Crippen LogP contribution in [-0.4, -0.2) is 27.2 Å². The van der Waals surface area contributed by atoms with Crippen LogP contribution in [0.4, 0.5) is 5.69 Å². The highest BCUT2D eigenvalue weighted by molar-refractivity contribution is 5.75. The van der Waals surface area contributed by atoms with Gasteiger partial charge in [0.15, 0.2) is 0 Å². The Labute approximate surface area is 99.0 Å². The van der Waals surface area contributed by atoms with Crippen molar-refractivity contribution >= 4 is 11.6 Å². The highest BCUT2D eigenvalue weighted by Crippen LogP contribution is 2.07. The first-order chi connectivity index (χ1) is 8.13. The molecule has 0 aliphatic rings. The van der Waals surface area contributed by atoms with E-state index in [4.69, 9.17) is 0 Å². The molecule has 0 aromatic carbocycles. The highest BCUT2D eigenvalue weighted by Gasteiger charge is 2.09. The summed E-state index contributed by atoms with van der Waals surface area (Å²) < 4.78 is 1.40. The molecule has 0 radical (unpaired) electrons. The average molecular weight is 240 g/mol. The van der Waals surface area contributed by atoms with Crippen molar-refractivity contribution in [2.45, 2.75) is 32.7 Å². The molecular formula is C10H16N4O3. The minimum Gasteiger partial charge on any atom is -0.356 e. The van der Waals surface area contributed by atoms with Gasteiger partial charge in [-0.1, -0.05) is 13.3 Å². The number of nitrogens with one attached hydrogen (secondary N) is 1. The van der Waals surface area contributed by atoms with E-state index in [1.807, 2.05) is 0 Å². The molecule has 0 spiro atoms. The first-order valence-corrected chi connectivity index (χ1v) is 5.57. The number of hydrogen-bond donors (Lipinski definition) is 1. The maximum atomic E-state index is 11.3. The van der Waals surface area contributed by atoms with Crippen molar-refractivity contribution < 1.29 is 9.72 Å². The normalized spacial score (nSPS) is 10.2. The zero-order chi connectivity index (χ0) is 12.7. The Morgan fingerprint density at radius 3 is 3.00 bits per heavy atom. The third-order valence-electron chi connectivity index (χ3n) is 2.25. The fraction of sp³-hybridized carbons (Fsp3) is 0.600. The van der Waals surface area contributed by atoms with Crippen molar-refractivity contribution in [1.82, 2.24) is 15.1 Å². The van der Waals surface area contributed by atoms with Crippen LogP contribution < -0.4 is 5.32 Å². The molecule has 1 aromatic heterocycles. The molecule has 0 fully saturated rings. The molecule has 17 heavy (non-hydrogen) atoms. The molecule has 7 nitrogen and oxygen atoms in total. The Morgan fingerprint density at radius 2 is 2.41 bits per heavy atom. The summed E-state index contributed by atoms with van der Waals surface area (Å²) in [5.41, 5.74) is -0.0589. The number of unbranched alkanes of at least 4 members (excludes halogenated alkanes) is 1. The lowest BCUT2D eigenvalue weighted by atomic mass is 10.3. The summed E-state index contributed by atoms with van der Waals surface area (Å²) in [5, 5.41) is 17.0. The second kappa shape index (κ2) is 6.62. The van der Waals surface area contributed by atoms with Gasteiger partial charge < -0.3 is 5.32 Å². The molecule has 1 heterocycles. The van der Waals surface area contributed by atoms with Gasteiger partial charge in [0.25, 0.3) is 0 Å². The molecule has 1 N–H and O–H groups in total. The van der Waals surface area contributed by atoms with E-state index in [0.29, 0.717) is 13.1 Å². The summed E-state index contributed by atoms with van der Waals surface area (Å²) in [4.78, 5) is 21.2. The summed E-state index contributed by atoms with van der Waals surface area (Å²) in [5.74, 6) is -0.0587. The molecule has 0 saturated carbocycles. The maximum absolute atomic E-state index is 11.3. The van der Waals surface area contributed by atoms with E-state index in [1.54, 1.807) is 0 Å². The number of carbonyl (C=O) groups is 1. The number of nitrogens with zero attached hydrogens (tertiary/aromatic N) is 3. The van der Waals surface area contributed by atoms with Crippen LogP contribution in [0.2, 0.25) is 0 Å². The number of aromatic nitrogens is 2. The van der Waals surface area contributed by atoms with Crippen molar-refractivity contribution in [3.8, 4) is 0 Å². The highest BCUT2D eigenvalue weighted by atomic mass is 16.6. The van der Waals surface area contributed by atoms with Crippen LogP contribution in [0.15, 0.2) is 12.4 Å². The largest absolute Gasteiger partial charge is 0.356 e. The SMILES string of the molecule is CCCCNC(=O)CCn1cc([N+](=O)[O-])cn1. The molecule has 7 heteroatoms. The lowest BCUT2D eigenvalue weighted by Crippen LogP contribution is -2.25. The van der Waals surface area contributed by atoms with E-state index < -0.39 is 4.92 Å². The van der Waals surface area contributed by atoms with E-state index >= 15 is 0 Å². The van der Waals surface area contributed by atoms with Gasteiger partial charge in [0.1, 0.15) is 12.4 Å². The summed E-state index contributed by atoms with van der Waals surface area (Å²) >= 11 is 0. The topological polar surface area (TPSA) is 90.1 Å². The van der Waals surface area contributed by atoms with Crippen LogP contribution in [0, 0.1) is 10.1 Å². The van der Waals surface area contributed by atoms with Crippen LogP contribution in [-0.2, 0) is 11.3 Å². The number of hydrogen-bond acceptors (Lipinski definition) is 4. The second-order valence-electron chi connectivity index (χ2n) is 3.67. The van der Waals surface area contributed by atoms with E-state index in [2.05, 4.69) is 17.3 Å². The molecule has 0 aliphatic heterocycles. The van der Waals surface area contributed by atoms with Crippen LogP contribution in [0.25, 0.3) is 0 Å². The molecule has 0 saturated heterocycles. The molecule has 1 amide bonds. The van der Waals surface area contributed by atoms with Gasteiger partial charge in [-0.3, -0.25) is 19.6 Å². The lowest BCUT2D eigenvalue weighted by Gasteiger charge is -2.03. The Balaban J connectivity index is 2.29. The molecule has 1 aromatic rings. The predicted octanol–water partition coefficient (Wildman–Crippen LogP) is 1.10. The van der Waals surface area contributed by atoms with Gasteiger partial charge in [0, 0.05) is 19.5 Å². The van der Waals surface area contributed by atoms with Crippen LogP contribution in [0.1, 0.15) is 26.2 Å². The van der Waals surface area contributed by atoms with Gasteiger partial charge in [0.2, 0.25) is 5.91 Å². The summed E-state index contributed by atoms with van der Waals surface area (Å²) in [7, 11) is 0. The third-order valence-corrected chi connectivity index (χ3v) is 2.25. The van der Waals surface area contributed by atoms with Gasteiger partial charge in [0.05, 0.1) is 4.92 Å². The van der Waals surface area contributed by atoms with E-state index in [1.165, 1.54) is 17.1 Å². The number of nitro groups is 1. The first kappa shape index (κ1) is 13.1. The zero-order valence-electron chi connectivity index (χ0n) is 9.76. The second-order valence-corrected chi connectivity index (χ2v) is 3.67. The molecule has 1 rings (SSSR count). The van der Waals surface area contributed by atoms with E-state index in [0.717, 1.165) is 12.8 Å². The van der Waals surface area contributed by atoms with Crippen molar-refractivity contribution in [3.05, 3.63) is 22.5 Å². The average Bonchev–Trinajstić information content (AvgIpc) is 2.75. The smallest absolute Gasteiger partial charge is 0.306 e. The van der Waals surface area contributed by atoms with Crippen LogP contribution in [0.5, 0.6) is 0 Å². The fourth-order valence-corrected chi connectivity index (χ4v) is 1.28. The van der Waals surface area contributed by atoms with Gasteiger partial charge >= 0.3 is 5.69 Å². The number of aryl methyl sites for hydroxylation is 1. The predicted molar refractivity (Wildman–Crippen MR) is 61.4 cm³/mol.